The Hall–Kier alpha value is -2.47. The summed E-state index contributed by atoms with van der Waals surface area (Å²) in [6.45, 7) is 3.33. The molecule has 0 N–H and O–H groups in total. The summed E-state index contributed by atoms with van der Waals surface area (Å²) >= 11 is 5.77. The van der Waals surface area contributed by atoms with Crippen molar-refractivity contribution in [2.24, 2.45) is 0 Å². The maximum Gasteiger partial charge on any atom is 0.340 e. The molecule has 0 saturated heterocycles. The van der Waals surface area contributed by atoms with E-state index in [0.29, 0.717) is 18.6 Å². The average Bonchev–Trinajstić information content (AvgIpc) is 2.92. The summed E-state index contributed by atoms with van der Waals surface area (Å²) < 4.78 is 31.6. The van der Waals surface area contributed by atoms with E-state index >= 15 is 0 Å². The van der Waals surface area contributed by atoms with Crippen LogP contribution in [0.5, 0.6) is 0 Å². The number of hydrogen-bond donors (Lipinski definition) is 0. The number of halogens is 3. The third kappa shape index (κ3) is 3.29. The lowest BCUT2D eigenvalue weighted by atomic mass is 10.1. The van der Waals surface area contributed by atoms with Gasteiger partial charge in [0.1, 0.15) is 0 Å². The highest BCUT2D eigenvalue weighted by molar-refractivity contribution is 6.33. The van der Waals surface area contributed by atoms with Gasteiger partial charge in [-0.1, -0.05) is 29.8 Å². The topological polar surface area (TPSA) is 46.6 Å². The second-order valence-electron chi connectivity index (χ2n) is 6.18. The van der Waals surface area contributed by atoms with Crippen LogP contribution < -0.4 is 4.90 Å². The van der Waals surface area contributed by atoms with E-state index in [4.69, 9.17) is 16.3 Å². The lowest BCUT2D eigenvalue weighted by Gasteiger charge is -2.26. The van der Waals surface area contributed by atoms with Gasteiger partial charge in [-0.15, -0.1) is 0 Å². The number of nitrogens with zero attached hydrogens (tertiary/aromatic N) is 1. The fraction of sp³-hybridized carbons (Fsp3) is 0.263. The number of ether oxygens (including phenoxy) is 1. The SMILES string of the molecule is C[C@@H](OC(=O)c1cc(F)c(F)cc1Cl)C(=O)N1c2ccccc2C[C@@H]1C. The van der Waals surface area contributed by atoms with Crippen LogP contribution in [0.15, 0.2) is 36.4 Å². The van der Waals surface area contributed by atoms with Crippen LogP contribution in [0.25, 0.3) is 0 Å². The summed E-state index contributed by atoms with van der Waals surface area (Å²) in [7, 11) is 0. The van der Waals surface area contributed by atoms with Crippen molar-refractivity contribution in [1.29, 1.82) is 0 Å². The van der Waals surface area contributed by atoms with E-state index in [9.17, 15) is 18.4 Å². The molecular formula is C19H16ClF2NO3. The van der Waals surface area contributed by atoms with Crippen LogP contribution in [-0.4, -0.2) is 24.0 Å². The van der Waals surface area contributed by atoms with Gasteiger partial charge in [-0.05, 0) is 44.0 Å². The molecule has 1 aliphatic heterocycles. The highest BCUT2D eigenvalue weighted by atomic mass is 35.5. The fourth-order valence-corrected chi connectivity index (χ4v) is 3.28. The van der Waals surface area contributed by atoms with Gasteiger partial charge in [0, 0.05) is 11.7 Å². The second-order valence-corrected chi connectivity index (χ2v) is 6.59. The average molecular weight is 380 g/mol. The Kier molecular flexibility index (Phi) is 4.96. The molecule has 1 amide bonds. The Labute approximate surface area is 154 Å². The minimum absolute atomic E-state index is 0.0760. The Bertz CT molecular complexity index is 887. The minimum atomic E-state index is -1.22. The molecule has 0 spiro atoms. The number of rotatable bonds is 3. The number of fused-ring (bicyclic) bond motifs is 1. The van der Waals surface area contributed by atoms with Crippen LogP contribution in [0.2, 0.25) is 5.02 Å². The van der Waals surface area contributed by atoms with Crippen LogP contribution >= 0.6 is 11.6 Å². The molecule has 0 aromatic heterocycles. The summed E-state index contributed by atoms with van der Waals surface area (Å²) in [5.74, 6) is -3.77. The maximum absolute atomic E-state index is 13.4. The van der Waals surface area contributed by atoms with Crippen molar-refractivity contribution in [2.75, 3.05) is 4.90 Å². The smallest absolute Gasteiger partial charge is 0.340 e. The number of anilines is 1. The summed E-state index contributed by atoms with van der Waals surface area (Å²) in [6.07, 6.45) is -0.405. The van der Waals surface area contributed by atoms with Crippen LogP contribution in [0.4, 0.5) is 14.5 Å². The standard InChI is InChI=1S/C19H16ClF2NO3/c1-10-7-12-5-3-4-6-17(12)23(10)18(24)11(2)26-19(25)13-8-15(21)16(22)9-14(13)20/h3-6,8-11H,7H2,1-2H3/t10-,11+/m0/s1. The minimum Gasteiger partial charge on any atom is -0.449 e. The third-order valence-corrected chi connectivity index (χ3v) is 4.62. The van der Waals surface area contributed by atoms with Crippen molar-refractivity contribution >= 4 is 29.2 Å². The van der Waals surface area contributed by atoms with Crippen molar-refractivity contribution in [1.82, 2.24) is 0 Å². The summed E-state index contributed by atoms with van der Waals surface area (Å²) in [6, 6.07) is 8.77. The third-order valence-electron chi connectivity index (χ3n) is 4.31. The van der Waals surface area contributed by atoms with Gasteiger partial charge < -0.3 is 9.64 Å². The molecule has 26 heavy (non-hydrogen) atoms. The largest absolute Gasteiger partial charge is 0.449 e. The molecule has 2 atom stereocenters. The molecule has 2 aromatic rings. The van der Waals surface area contributed by atoms with E-state index in [1.807, 2.05) is 31.2 Å². The summed E-state index contributed by atoms with van der Waals surface area (Å²) in [5.41, 5.74) is 1.48. The van der Waals surface area contributed by atoms with E-state index < -0.39 is 29.6 Å². The lowest BCUT2D eigenvalue weighted by Crippen LogP contribution is -2.43. The van der Waals surface area contributed by atoms with Crippen molar-refractivity contribution in [3.05, 3.63) is 64.2 Å². The van der Waals surface area contributed by atoms with Crippen LogP contribution in [-0.2, 0) is 16.0 Å². The zero-order valence-electron chi connectivity index (χ0n) is 14.1. The molecular weight excluding hydrogens is 364 g/mol. The van der Waals surface area contributed by atoms with E-state index in [2.05, 4.69) is 0 Å². The molecule has 0 unspecified atom stereocenters. The summed E-state index contributed by atoms with van der Waals surface area (Å²) in [5, 5.41) is -0.284. The first-order valence-electron chi connectivity index (χ1n) is 8.06. The van der Waals surface area contributed by atoms with Gasteiger partial charge in [0.25, 0.3) is 5.91 Å². The van der Waals surface area contributed by atoms with Gasteiger partial charge in [0.05, 0.1) is 10.6 Å². The van der Waals surface area contributed by atoms with Crippen LogP contribution in [0.3, 0.4) is 0 Å². The van der Waals surface area contributed by atoms with Gasteiger partial charge in [-0.25, -0.2) is 13.6 Å². The normalized spacial score (nSPS) is 17.0. The predicted molar refractivity (Wildman–Crippen MR) is 93.3 cm³/mol. The first-order valence-corrected chi connectivity index (χ1v) is 8.44. The number of para-hydroxylation sites is 1. The fourth-order valence-electron chi connectivity index (χ4n) is 3.05. The molecule has 1 aliphatic rings. The van der Waals surface area contributed by atoms with Gasteiger partial charge in [-0.2, -0.15) is 0 Å². The molecule has 1 heterocycles. The quantitative estimate of drug-likeness (QED) is 0.594. The van der Waals surface area contributed by atoms with E-state index in [0.717, 1.165) is 11.3 Å². The first kappa shape index (κ1) is 18.3. The number of benzene rings is 2. The van der Waals surface area contributed by atoms with Crippen LogP contribution in [0, 0.1) is 11.6 Å². The second kappa shape index (κ2) is 7.03. The first-order chi connectivity index (χ1) is 12.3. The van der Waals surface area contributed by atoms with Gasteiger partial charge in [0.2, 0.25) is 0 Å². The van der Waals surface area contributed by atoms with E-state index in [1.54, 1.807) is 4.90 Å². The number of amides is 1. The molecule has 0 fully saturated rings. The lowest BCUT2D eigenvalue weighted by molar-refractivity contribution is -0.126. The van der Waals surface area contributed by atoms with E-state index in [1.165, 1.54) is 6.92 Å². The van der Waals surface area contributed by atoms with Crippen molar-refractivity contribution in [2.45, 2.75) is 32.4 Å². The van der Waals surface area contributed by atoms with Gasteiger partial charge in [0.15, 0.2) is 17.7 Å². The van der Waals surface area contributed by atoms with Gasteiger partial charge in [-0.3, -0.25) is 4.79 Å². The zero-order valence-corrected chi connectivity index (χ0v) is 14.9. The molecule has 0 radical (unpaired) electrons. The number of esters is 1. The summed E-state index contributed by atoms with van der Waals surface area (Å²) in [4.78, 5) is 26.6. The molecule has 2 aromatic carbocycles. The molecule has 136 valence electrons. The molecule has 4 nitrogen and oxygen atoms in total. The molecule has 0 bridgehead atoms. The van der Waals surface area contributed by atoms with Crippen LogP contribution in [0.1, 0.15) is 29.8 Å². The number of hydrogen-bond acceptors (Lipinski definition) is 3. The highest BCUT2D eigenvalue weighted by Gasteiger charge is 2.34. The van der Waals surface area contributed by atoms with Crippen molar-refractivity contribution < 1.29 is 23.1 Å². The Morgan fingerprint density at radius 2 is 1.88 bits per heavy atom. The highest BCUT2D eigenvalue weighted by Crippen LogP contribution is 2.32. The number of carbonyl (C=O) groups is 2. The van der Waals surface area contributed by atoms with Gasteiger partial charge >= 0.3 is 5.97 Å². The predicted octanol–water partition coefficient (Wildman–Crippen LogP) is 4.14. The molecule has 0 saturated carbocycles. The number of carbonyl (C=O) groups excluding carboxylic acids is 2. The van der Waals surface area contributed by atoms with Crippen molar-refractivity contribution in [3.63, 3.8) is 0 Å². The molecule has 3 rings (SSSR count). The Morgan fingerprint density at radius 1 is 1.23 bits per heavy atom. The van der Waals surface area contributed by atoms with E-state index in [-0.39, 0.29) is 16.6 Å². The molecule has 0 aliphatic carbocycles. The monoisotopic (exact) mass is 379 g/mol. The zero-order chi connectivity index (χ0) is 19.0. The molecule has 7 heteroatoms. The maximum atomic E-state index is 13.4. The Morgan fingerprint density at radius 3 is 2.62 bits per heavy atom. The van der Waals surface area contributed by atoms with Crippen molar-refractivity contribution in [3.8, 4) is 0 Å². The Balaban J connectivity index is 1.78.